The zero-order valence-electron chi connectivity index (χ0n) is 11.8. The van der Waals surface area contributed by atoms with Crippen LogP contribution in [0.2, 0.25) is 0 Å². The summed E-state index contributed by atoms with van der Waals surface area (Å²) in [5, 5.41) is 3.07. The summed E-state index contributed by atoms with van der Waals surface area (Å²) >= 11 is 0. The van der Waals surface area contributed by atoms with Crippen LogP contribution in [0.5, 0.6) is 5.75 Å². The third-order valence-corrected chi connectivity index (χ3v) is 3.26. The molecule has 1 N–H and O–H groups in total. The van der Waals surface area contributed by atoms with E-state index in [2.05, 4.69) is 5.32 Å². The molecule has 0 saturated heterocycles. The summed E-state index contributed by atoms with van der Waals surface area (Å²) < 4.78 is 44.9. The summed E-state index contributed by atoms with van der Waals surface area (Å²) in [6, 6.07) is 7.76. The maximum atomic E-state index is 13.6. The van der Waals surface area contributed by atoms with Gasteiger partial charge < -0.3 is 10.1 Å². The Kier molecular flexibility index (Phi) is 4.85. The number of ether oxygens (including phenoxy) is 1. The third kappa shape index (κ3) is 3.76. The van der Waals surface area contributed by atoms with Crippen molar-refractivity contribution in [1.29, 1.82) is 0 Å². The molecular formula is C16H16F3NO. The standard InChI is InChI=1S/C16H16F3NO/c1-10(13-5-4-12(17)8-14(13)18)20-9-11-3-6-16(21-2)15(19)7-11/h3-8,10,20H,9H2,1-2H3. The van der Waals surface area contributed by atoms with Crippen molar-refractivity contribution in [1.82, 2.24) is 5.32 Å². The topological polar surface area (TPSA) is 21.3 Å². The predicted octanol–water partition coefficient (Wildman–Crippen LogP) is 3.96. The number of rotatable bonds is 5. The fraction of sp³-hybridized carbons (Fsp3) is 0.250. The van der Waals surface area contributed by atoms with Crippen molar-refractivity contribution in [3.63, 3.8) is 0 Å². The molecular weight excluding hydrogens is 279 g/mol. The maximum absolute atomic E-state index is 13.6. The molecule has 0 spiro atoms. The lowest BCUT2D eigenvalue weighted by Crippen LogP contribution is -2.19. The SMILES string of the molecule is COc1ccc(CNC(C)c2ccc(F)cc2F)cc1F. The molecule has 2 aromatic carbocycles. The van der Waals surface area contributed by atoms with Crippen LogP contribution in [0.15, 0.2) is 36.4 Å². The van der Waals surface area contributed by atoms with Crippen LogP contribution in [-0.2, 0) is 6.54 Å². The number of benzene rings is 2. The second kappa shape index (κ2) is 6.63. The average Bonchev–Trinajstić information content (AvgIpc) is 2.45. The van der Waals surface area contributed by atoms with E-state index in [-0.39, 0.29) is 11.8 Å². The lowest BCUT2D eigenvalue weighted by atomic mass is 10.1. The van der Waals surface area contributed by atoms with Crippen LogP contribution in [0, 0.1) is 17.5 Å². The summed E-state index contributed by atoms with van der Waals surface area (Å²) in [5.41, 5.74) is 1.08. The number of hydrogen-bond acceptors (Lipinski definition) is 2. The molecule has 0 saturated carbocycles. The summed E-state index contributed by atoms with van der Waals surface area (Å²) in [4.78, 5) is 0. The second-order valence-electron chi connectivity index (χ2n) is 4.74. The van der Waals surface area contributed by atoms with E-state index in [0.29, 0.717) is 17.7 Å². The smallest absolute Gasteiger partial charge is 0.165 e. The first-order valence-electron chi connectivity index (χ1n) is 6.52. The third-order valence-electron chi connectivity index (χ3n) is 3.26. The van der Waals surface area contributed by atoms with Gasteiger partial charge in [-0.2, -0.15) is 0 Å². The van der Waals surface area contributed by atoms with Crippen LogP contribution < -0.4 is 10.1 Å². The normalized spacial score (nSPS) is 12.2. The molecule has 0 aromatic heterocycles. The predicted molar refractivity (Wildman–Crippen MR) is 74.6 cm³/mol. The van der Waals surface area contributed by atoms with Gasteiger partial charge in [0.25, 0.3) is 0 Å². The Balaban J connectivity index is 2.03. The fourth-order valence-electron chi connectivity index (χ4n) is 2.05. The van der Waals surface area contributed by atoms with Gasteiger partial charge >= 0.3 is 0 Å². The van der Waals surface area contributed by atoms with Gasteiger partial charge in [0.05, 0.1) is 7.11 Å². The van der Waals surface area contributed by atoms with E-state index in [0.717, 1.165) is 6.07 Å². The molecule has 0 fully saturated rings. The van der Waals surface area contributed by atoms with Gasteiger partial charge in [0.15, 0.2) is 11.6 Å². The zero-order chi connectivity index (χ0) is 15.4. The van der Waals surface area contributed by atoms with Crippen LogP contribution >= 0.6 is 0 Å². The first-order chi connectivity index (χ1) is 10.0. The molecule has 0 bridgehead atoms. The average molecular weight is 295 g/mol. The van der Waals surface area contributed by atoms with Crippen molar-refractivity contribution in [3.05, 3.63) is 65.0 Å². The number of halogens is 3. The van der Waals surface area contributed by atoms with Crippen molar-refractivity contribution >= 4 is 0 Å². The van der Waals surface area contributed by atoms with Crippen molar-refractivity contribution < 1.29 is 17.9 Å². The molecule has 0 radical (unpaired) electrons. The summed E-state index contributed by atoms with van der Waals surface area (Å²) in [6.45, 7) is 2.12. The highest BCUT2D eigenvalue weighted by molar-refractivity contribution is 5.29. The second-order valence-corrected chi connectivity index (χ2v) is 4.74. The van der Waals surface area contributed by atoms with Gasteiger partial charge in [0, 0.05) is 24.2 Å². The molecule has 112 valence electrons. The maximum Gasteiger partial charge on any atom is 0.165 e. The summed E-state index contributed by atoms with van der Waals surface area (Å²) in [5.74, 6) is -1.48. The highest BCUT2D eigenvalue weighted by Gasteiger charge is 2.12. The summed E-state index contributed by atoms with van der Waals surface area (Å²) in [6.07, 6.45) is 0. The monoisotopic (exact) mass is 295 g/mol. The van der Waals surface area contributed by atoms with Crippen molar-refractivity contribution in [2.75, 3.05) is 7.11 Å². The molecule has 2 nitrogen and oxygen atoms in total. The minimum Gasteiger partial charge on any atom is -0.494 e. The Morgan fingerprint density at radius 3 is 2.43 bits per heavy atom. The van der Waals surface area contributed by atoms with Crippen LogP contribution in [0.4, 0.5) is 13.2 Å². The molecule has 5 heteroatoms. The molecule has 1 atom stereocenters. The largest absolute Gasteiger partial charge is 0.494 e. The lowest BCUT2D eigenvalue weighted by Gasteiger charge is -2.15. The van der Waals surface area contributed by atoms with Crippen molar-refractivity contribution in [2.24, 2.45) is 0 Å². The van der Waals surface area contributed by atoms with Gasteiger partial charge in [0.1, 0.15) is 11.6 Å². The number of methoxy groups -OCH3 is 1. The molecule has 0 aliphatic carbocycles. The molecule has 0 heterocycles. The van der Waals surface area contributed by atoms with E-state index in [1.807, 2.05) is 0 Å². The van der Waals surface area contributed by atoms with Gasteiger partial charge in [-0.05, 0) is 30.7 Å². The molecule has 1 unspecified atom stereocenters. The fourth-order valence-corrected chi connectivity index (χ4v) is 2.05. The zero-order valence-corrected chi connectivity index (χ0v) is 11.8. The van der Waals surface area contributed by atoms with E-state index in [1.54, 1.807) is 13.0 Å². The molecule has 0 amide bonds. The minimum absolute atomic E-state index is 0.177. The lowest BCUT2D eigenvalue weighted by molar-refractivity contribution is 0.386. The van der Waals surface area contributed by atoms with Crippen molar-refractivity contribution in [3.8, 4) is 5.75 Å². The molecule has 0 aliphatic rings. The van der Waals surface area contributed by atoms with Gasteiger partial charge in [-0.15, -0.1) is 0 Å². The highest BCUT2D eigenvalue weighted by Crippen LogP contribution is 2.20. The van der Waals surface area contributed by atoms with Crippen LogP contribution in [-0.4, -0.2) is 7.11 Å². The van der Waals surface area contributed by atoms with Gasteiger partial charge in [-0.3, -0.25) is 0 Å². The molecule has 2 aromatic rings. The Labute approximate surface area is 121 Å². The Hall–Kier alpha value is -2.01. The van der Waals surface area contributed by atoms with E-state index in [9.17, 15) is 13.2 Å². The van der Waals surface area contributed by atoms with Gasteiger partial charge in [0.2, 0.25) is 0 Å². The van der Waals surface area contributed by atoms with E-state index >= 15 is 0 Å². The molecule has 2 rings (SSSR count). The van der Waals surface area contributed by atoms with Crippen LogP contribution in [0.1, 0.15) is 24.1 Å². The Morgan fingerprint density at radius 2 is 1.81 bits per heavy atom. The van der Waals surface area contributed by atoms with E-state index in [1.165, 1.54) is 31.4 Å². The molecule has 0 aliphatic heterocycles. The van der Waals surface area contributed by atoms with Crippen LogP contribution in [0.25, 0.3) is 0 Å². The minimum atomic E-state index is -0.610. The first kappa shape index (κ1) is 15.4. The van der Waals surface area contributed by atoms with Crippen molar-refractivity contribution in [2.45, 2.75) is 19.5 Å². The molecule has 21 heavy (non-hydrogen) atoms. The highest BCUT2D eigenvalue weighted by atomic mass is 19.1. The Bertz CT molecular complexity index is 631. The first-order valence-corrected chi connectivity index (χ1v) is 6.52. The Morgan fingerprint density at radius 1 is 1.05 bits per heavy atom. The number of hydrogen-bond donors (Lipinski definition) is 1. The van der Waals surface area contributed by atoms with E-state index in [4.69, 9.17) is 4.74 Å². The quantitative estimate of drug-likeness (QED) is 0.901. The summed E-state index contributed by atoms with van der Waals surface area (Å²) in [7, 11) is 1.40. The number of nitrogens with one attached hydrogen (secondary N) is 1. The van der Waals surface area contributed by atoms with Gasteiger partial charge in [-0.1, -0.05) is 12.1 Å². The van der Waals surface area contributed by atoms with E-state index < -0.39 is 17.5 Å². The van der Waals surface area contributed by atoms with Crippen LogP contribution in [0.3, 0.4) is 0 Å². The van der Waals surface area contributed by atoms with Gasteiger partial charge in [-0.25, -0.2) is 13.2 Å².